The summed E-state index contributed by atoms with van der Waals surface area (Å²) in [5.41, 5.74) is 0.335. The lowest BCUT2D eigenvalue weighted by Crippen LogP contribution is -2.48. The molecule has 2 fully saturated rings. The Morgan fingerprint density at radius 3 is 2.57 bits per heavy atom. The predicted octanol–water partition coefficient (Wildman–Crippen LogP) is 2.40. The standard InChI is InChI=1S/C21H29N3O5S/c25-20-14-29-19-11-10-16(13-17(19)23-20)30(27,28)24-12-6-9-18(24)21(26)22-15-7-4-2-1-3-5-8-15/h10-11,13,15,18H,1-9,12,14H2,(H,22,26)(H,23,25)/t18-/m1/s1. The van der Waals surface area contributed by atoms with Crippen molar-refractivity contribution in [3.8, 4) is 5.75 Å². The molecule has 4 rings (SSSR count). The molecule has 1 saturated heterocycles. The van der Waals surface area contributed by atoms with E-state index < -0.39 is 16.1 Å². The Bertz CT molecular complexity index is 909. The summed E-state index contributed by atoms with van der Waals surface area (Å²) in [7, 11) is -3.87. The van der Waals surface area contributed by atoms with Gasteiger partial charge in [0.05, 0.1) is 10.6 Å². The Kier molecular flexibility index (Phi) is 6.29. The van der Waals surface area contributed by atoms with Gasteiger partial charge in [0, 0.05) is 12.6 Å². The molecule has 164 valence electrons. The van der Waals surface area contributed by atoms with Crippen molar-refractivity contribution < 1.29 is 22.7 Å². The molecule has 2 heterocycles. The van der Waals surface area contributed by atoms with Crippen LogP contribution in [0, 0.1) is 0 Å². The third-order valence-electron chi connectivity index (χ3n) is 6.15. The van der Waals surface area contributed by atoms with Crippen molar-refractivity contribution in [1.82, 2.24) is 9.62 Å². The van der Waals surface area contributed by atoms with E-state index in [0.29, 0.717) is 30.8 Å². The maximum atomic E-state index is 13.3. The molecule has 2 amide bonds. The van der Waals surface area contributed by atoms with Gasteiger partial charge in [-0.3, -0.25) is 9.59 Å². The Balaban J connectivity index is 1.50. The van der Waals surface area contributed by atoms with Gasteiger partial charge in [0.25, 0.3) is 5.91 Å². The molecule has 1 aromatic carbocycles. The lowest BCUT2D eigenvalue weighted by molar-refractivity contribution is -0.125. The minimum absolute atomic E-state index is 0.0534. The Morgan fingerprint density at radius 1 is 1.07 bits per heavy atom. The van der Waals surface area contributed by atoms with Crippen LogP contribution in [0.25, 0.3) is 0 Å². The van der Waals surface area contributed by atoms with Gasteiger partial charge in [0.1, 0.15) is 11.8 Å². The number of amides is 2. The zero-order valence-electron chi connectivity index (χ0n) is 17.1. The van der Waals surface area contributed by atoms with Crippen molar-refractivity contribution in [2.24, 2.45) is 0 Å². The summed E-state index contributed by atoms with van der Waals surface area (Å²) in [4.78, 5) is 24.6. The summed E-state index contributed by atoms with van der Waals surface area (Å²) >= 11 is 0. The van der Waals surface area contributed by atoms with Crippen LogP contribution in [0.4, 0.5) is 5.69 Å². The Morgan fingerprint density at radius 2 is 1.80 bits per heavy atom. The second-order valence-corrected chi connectivity index (χ2v) is 10.2. The van der Waals surface area contributed by atoms with E-state index in [1.54, 1.807) is 6.07 Å². The molecule has 0 spiro atoms. The van der Waals surface area contributed by atoms with Crippen LogP contribution in [0.5, 0.6) is 5.75 Å². The number of benzene rings is 1. The molecule has 2 aliphatic heterocycles. The average molecular weight is 436 g/mol. The van der Waals surface area contributed by atoms with Gasteiger partial charge in [-0.2, -0.15) is 4.31 Å². The number of rotatable bonds is 4. The highest BCUT2D eigenvalue weighted by molar-refractivity contribution is 7.89. The normalized spacial score (nSPS) is 23.6. The van der Waals surface area contributed by atoms with Crippen LogP contribution >= 0.6 is 0 Å². The summed E-state index contributed by atoms with van der Waals surface area (Å²) in [5, 5.41) is 5.75. The number of hydrogen-bond acceptors (Lipinski definition) is 5. The van der Waals surface area contributed by atoms with Crippen molar-refractivity contribution in [3.63, 3.8) is 0 Å². The first-order valence-corrected chi connectivity index (χ1v) is 12.3. The van der Waals surface area contributed by atoms with Crippen molar-refractivity contribution in [1.29, 1.82) is 0 Å². The van der Waals surface area contributed by atoms with Crippen molar-refractivity contribution in [2.45, 2.75) is 74.8 Å². The zero-order chi connectivity index (χ0) is 21.1. The lowest BCUT2D eigenvalue weighted by atomic mass is 9.96. The minimum atomic E-state index is -3.87. The fourth-order valence-electron chi connectivity index (χ4n) is 4.55. The van der Waals surface area contributed by atoms with E-state index in [4.69, 9.17) is 4.74 Å². The van der Waals surface area contributed by atoms with Gasteiger partial charge < -0.3 is 15.4 Å². The van der Waals surface area contributed by atoms with Gasteiger partial charge in [-0.15, -0.1) is 0 Å². The summed E-state index contributed by atoms with van der Waals surface area (Å²) < 4.78 is 33.2. The molecule has 1 atom stereocenters. The second kappa shape index (κ2) is 8.93. The number of hydrogen-bond donors (Lipinski definition) is 2. The number of carbonyl (C=O) groups excluding carboxylic acids is 2. The van der Waals surface area contributed by atoms with Crippen molar-refractivity contribution in [2.75, 3.05) is 18.5 Å². The highest BCUT2D eigenvalue weighted by Crippen LogP contribution is 2.33. The summed E-state index contributed by atoms with van der Waals surface area (Å²) in [6.07, 6.45) is 8.90. The van der Waals surface area contributed by atoms with Gasteiger partial charge >= 0.3 is 0 Å². The van der Waals surface area contributed by atoms with E-state index in [-0.39, 0.29) is 29.4 Å². The van der Waals surface area contributed by atoms with E-state index in [1.807, 2.05) is 0 Å². The third kappa shape index (κ3) is 4.46. The molecule has 30 heavy (non-hydrogen) atoms. The summed E-state index contributed by atoms with van der Waals surface area (Å²) in [6.45, 7) is 0.222. The van der Waals surface area contributed by atoms with Crippen molar-refractivity contribution >= 4 is 27.5 Å². The van der Waals surface area contributed by atoms with Crippen LogP contribution in [-0.2, 0) is 19.6 Å². The molecule has 0 unspecified atom stereocenters. The average Bonchev–Trinajstić information content (AvgIpc) is 3.20. The van der Waals surface area contributed by atoms with Gasteiger partial charge in [-0.05, 0) is 43.9 Å². The number of nitrogens with zero attached hydrogens (tertiary/aromatic N) is 1. The molecular formula is C21H29N3O5S. The molecule has 0 radical (unpaired) electrons. The highest BCUT2D eigenvalue weighted by atomic mass is 32.2. The van der Waals surface area contributed by atoms with Crippen LogP contribution in [0.1, 0.15) is 57.8 Å². The SMILES string of the molecule is O=C1COc2ccc(S(=O)(=O)N3CCC[C@@H]3C(=O)NC3CCCCCCC3)cc2N1. The Hall–Kier alpha value is -2.13. The molecule has 1 aromatic rings. The van der Waals surface area contributed by atoms with E-state index >= 15 is 0 Å². The fourth-order valence-corrected chi connectivity index (χ4v) is 6.23. The van der Waals surface area contributed by atoms with Gasteiger partial charge in [-0.25, -0.2) is 8.42 Å². The molecule has 8 nitrogen and oxygen atoms in total. The van der Waals surface area contributed by atoms with E-state index in [1.165, 1.54) is 35.7 Å². The van der Waals surface area contributed by atoms with Crippen LogP contribution in [0.2, 0.25) is 0 Å². The van der Waals surface area contributed by atoms with E-state index in [9.17, 15) is 18.0 Å². The van der Waals surface area contributed by atoms with E-state index in [0.717, 1.165) is 25.7 Å². The third-order valence-corrected chi connectivity index (χ3v) is 8.05. The first-order valence-electron chi connectivity index (χ1n) is 10.8. The molecule has 9 heteroatoms. The molecule has 1 saturated carbocycles. The monoisotopic (exact) mass is 435 g/mol. The number of ether oxygens (including phenoxy) is 1. The van der Waals surface area contributed by atoms with Crippen molar-refractivity contribution in [3.05, 3.63) is 18.2 Å². The fraction of sp³-hybridized carbons (Fsp3) is 0.619. The first-order chi connectivity index (χ1) is 14.4. The molecule has 1 aliphatic carbocycles. The summed E-state index contributed by atoms with van der Waals surface area (Å²) in [5.74, 6) is -0.0838. The predicted molar refractivity (Wildman–Crippen MR) is 112 cm³/mol. The molecule has 0 bridgehead atoms. The lowest BCUT2D eigenvalue weighted by Gasteiger charge is -2.27. The van der Waals surface area contributed by atoms with E-state index in [2.05, 4.69) is 10.6 Å². The van der Waals surface area contributed by atoms with Crippen LogP contribution in [-0.4, -0.2) is 49.8 Å². The second-order valence-electron chi connectivity index (χ2n) is 8.32. The summed E-state index contributed by atoms with van der Waals surface area (Å²) in [6, 6.07) is 3.85. The number of sulfonamides is 1. The minimum Gasteiger partial charge on any atom is -0.482 e. The Labute approximate surface area is 177 Å². The molecule has 2 N–H and O–H groups in total. The van der Waals surface area contributed by atoms with Crippen LogP contribution in [0.15, 0.2) is 23.1 Å². The number of fused-ring (bicyclic) bond motifs is 1. The number of anilines is 1. The molecule has 0 aromatic heterocycles. The smallest absolute Gasteiger partial charge is 0.262 e. The van der Waals surface area contributed by atoms with Crippen LogP contribution in [0.3, 0.4) is 0 Å². The van der Waals surface area contributed by atoms with Gasteiger partial charge in [-0.1, -0.05) is 32.1 Å². The van der Waals surface area contributed by atoms with Gasteiger partial charge in [0.15, 0.2) is 6.61 Å². The largest absolute Gasteiger partial charge is 0.482 e. The topological polar surface area (TPSA) is 105 Å². The number of nitrogens with one attached hydrogen (secondary N) is 2. The maximum Gasteiger partial charge on any atom is 0.262 e. The number of carbonyl (C=O) groups is 2. The molecular weight excluding hydrogens is 406 g/mol. The maximum absolute atomic E-state index is 13.3. The molecule has 3 aliphatic rings. The highest BCUT2D eigenvalue weighted by Gasteiger charge is 2.40. The quantitative estimate of drug-likeness (QED) is 0.756. The zero-order valence-corrected chi connectivity index (χ0v) is 17.9. The first kappa shape index (κ1) is 21.1. The van der Waals surface area contributed by atoms with Gasteiger partial charge in [0.2, 0.25) is 15.9 Å². The van der Waals surface area contributed by atoms with Crippen LogP contribution < -0.4 is 15.4 Å².